The molecule has 1 rings (SSSR count). The molecule has 0 aliphatic carbocycles. The van der Waals surface area contributed by atoms with Crippen molar-refractivity contribution < 1.29 is 0 Å². The van der Waals surface area contributed by atoms with Gasteiger partial charge in [0.15, 0.2) is 0 Å². The van der Waals surface area contributed by atoms with Gasteiger partial charge in [-0.05, 0) is 24.1 Å². The van der Waals surface area contributed by atoms with Crippen LogP contribution in [0.25, 0.3) is 10.4 Å². The number of rotatable bonds is 4. The Hall–Kier alpha value is -1.41. The van der Waals surface area contributed by atoms with Crippen LogP contribution < -0.4 is 0 Å². The third kappa shape index (κ3) is 2.78. The summed E-state index contributed by atoms with van der Waals surface area (Å²) in [6.45, 7) is 1.50. The topological polar surface area (TPSA) is 53.7 Å². The number of hydrogen-bond donors (Lipinski definition) is 0. The Morgan fingerprint density at radius 1 is 1.36 bits per heavy atom. The van der Waals surface area contributed by atoms with Gasteiger partial charge in [0.1, 0.15) is 0 Å². The van der Waals surface area contributed by atoms with Gasteiger partial charge >= 0.3 is 0 Å². The fourth-order valence-electron chi connectivity index (χ4n) is 0.888. The van der Waals surface area contributed by atoms with E-state index in [4.69, 9.17) is 5.53 Å². The van der Waals surface area contributed by atoms with Crippen molar-refractivity contribution in [2.45, 2.75) is 13.0 Å². The Labute approximate surface area is 65.1 Å². The number of aromatic nitrogens is 1. The first-order valence-corrected chi connectivity index (χ1v) is 3.55. The van der Waals surface area contributed by atoms with E-state index in [1.807, 2.05) is 24.5 Å². The maximum atomic E-state index is 7.97. The molecule has 0 atom stereocenters. The second-order valence-corrected chi connectivity index (χ2v) is 2.23. The maximum Gasteiger partial charge on any atom is 0.0274 e. The Balaban J connectivity index is 2.18. The largest absolute Gasteiger partial charge is 0.354 e. The summed E-state index contributed by atoms with van der Waals surface area (Å²) in [6, 6.07) is 3.96. The molecule has 1 aromatic heterocycles. The zero-order chi connectivity index (χ0) is 7.94. The number of azide groups is 1. The Morgan fingerprint density at radius 2 is 2.09 bits per heavy atom. The molecule has 0 aliphatic heterocycles. The summed E-state index contributed by atoms with van der Waals surface area (Å²) in [5, 5.41) is 3.44. The molecule has 0 unspecified atom stereocenters. The van der Waals surface area contributed by atoms with Crippen molar-refractivity contribution in [1.29, 1.82) is 0 Å². The van der Waals surface area contributed by atoms with Crippen molar-refractivity contribution in [2.75, 3.05) is 6.54 Å². The van der Waals surface area contributed by atoms with Gasteiger partial charge in [0, 0.05) is 30.4 Å². The van der Waals surface area contributed by atoms with E-state index in [0.29, 0.717) is 6.54 Å². The predicted molar refractivity (Wildman–Crippen MR) is 43.1 cm³/mol. The highest BCUT2D eigenvalue weighted by Gasteiger charge is 1.86. The van der Waals surface area contributed by atoms with E-state index in [2.05, 4.69) is 14.6 Å². The lowest BCUT2D eigenvalue weighted by Gasteiger charge is -1.97. The molecule has 11 heavy (non-hydrogen) atoms. The summed E-state index contributed by atoms with van der Waals surface area (Å²) in [5.74, 6) is 0. The van der Waals surface area contributed by atoms with Crippen molar-refractivity contribution in [3.05, 3.63) is 35.0 Å². The van der Waals surface area contributed by atoms with Crippen molar-refractivity contribution in [1.82, 2.24) is 4.57 Å². The molecule has 0 bridgehead atoms. The van der Waals surface area contributed by atoms with E-state index in [0.717, 1.165) is 13.0 Å². The summed E-state index contributed by atoms with van der Waals surface area (Å²) >= 11 is 0. The fourth-order valence-corrected chi connectivity index (χ4v) is 0.888. The van der Waals surface area contributed by atoms with Crippen LogP contribution in [0.2, 0.25) is 0 Å². The van der Waals surface area contributed by atoms with E-state index >= 15 is 0 Å². The first kappa shape index (κ1) is 7.69. The summed E-state index contributed by atoms with van der Waals surface area (Å²) in [6.07, 6.45) is 4.89. The van der Waals surface area contributed by atoms with Crippen LogP contribution >= 0.6 is 0 Å². The van der Waals surface area contributed by atoms with E-state index in [1.165, 1.54) is 0 Å². The van der Waals surface area contributed by atoms with Gasteiger partial charge in [0.25, 0.3) is 0 Å². The quantitative estimate of drug-likeness (QED) is 0.273. The summed E-state index contributed by atoms with van der Waals surface area (Å²) < 4.78 is 2.06. The normalized spacial score (nSPS) is 9.09. The molecule has 0 aliphatic rings. The molecule has 0 amide bonds. The lowest BCUT2D eigenvalue weighted by Crippen LogP contribution is -1.94. The van der Waals surface area contributed by atoms with Crippen LogP contribution in [0.5, 0.6) is 0 Å². The Bertz CT molecular complexity index is 233. The zero-order valence-electron chi connectivity index (χ0n) is 6.22. The molecule has 0 N–H and O–H groups in total. The minimum Gasteiger partial charge on any atom is -0.354 e. The van der Waals surface area contributed by atoms with Gasteiger partial charge in [0.2, 0.25) is 0 Å². The van der Waals surface area contributed by atoms with Gasteiger partial charge in [-0.3, -0.25) is 0 Å². The highest BCUT2D eigenvalue weighted by molar-refractivity contribution is 4.89. The van der Waals surface area contributed by atoms with Crippen LogP contribution in [-0.4, -0.2) is 11.1 Å². The van der Waals surface area contributed by atoms with Crippen LogP contribution in [0.3, 0.4) is 0 Å². The second-order valence-electron chi connectivity index (χ2n) is 2.23. The van der Waals surface area contributed by atoms with E-state index in [-0.39, 0.29) is 0 Å². The maximum absolute atomic E-state index is 7.97. The van der Waals surface area contributed by atoms with Crippen molar-refractivity contribution >= 4 is 0 Å². The van der Waals surface area contributed by atoms with Crippen molar-refractivity contribution in [3.63, 3.8) is 0 Å². The molecule has 0 saturated heterocycles. The summed E-state index contributed by atoms with van der Waals surface area (Å²) in [5.41, 5.74) is 7.97. The molecule has 4 heteroatoms. The van der Waals surface area contributed by atoms with Crippen LogP contribution in [0, 0.1) is 0 Å². The standard InChI is InChI=1S/C7H10N4/c8-10-9-4-3-7-11-5-1-2-6-11/h1-2,5-6H,3-4,7H2. The minimum atomic E-state index is 0.578. The van der Waals surface area contributed by atoms with Crippen molar-refractivity contribution in [3.8, 4) is 0 Å². The van der Waals surface area contributed by atoms with Gasteiger partial charge in [0.05, 0.1) is 0 Å². The number of hydrogen-bond acceptors (Lipinski definition) is 1. The van der Waals surface area contributed by atoms with Crippen molar-refractivity contribution in [2.24, 2.45) is 5.11 Å². The molecular formula is C7H10N4. The van der Waals surface area contributed by atoms with Crippen LogP contribution in [-0.2, 0) is 6.54 Å². The molecule has 1 heterocycles. The molecule has 0 aromatic carbocycles. The lowest BCUT2D eigenvalue weighted by atomic mass is 10.4. The van der Waals surface area contributed by atoms with Gasteiger partial charge < -0.3 is 4.57 Å². The number of aryl methyl sites for hydroxylation is 1. The van der Waals surface area contributed by atoms with E-state index in [1.54, 1.807) is 0 Å². The summed E-state index contributed by atoms with van der Waals surface area (Å²) in [4.78, 5) is 2.67. The smallest absolute Gasteiger partial charge is 0.0274 e. The monoisotopic (exact) mass is 150 g/mol. The van der Waals surface area contributed by atoms with Gasteiger partial charge in [-0.15, -0.1) is 0 Å². The molecule has 0 spiro atoms. The fraction of sp³-hybridized carbons (Fsp3) is 0.429. The lowest BCUT2D eigenvalue weighted by molar-refractivity contribution is 0.653. The number of nitrogens with zero attached hydrogens (tertiary/aromatic N) is 4. The Morgan fingerprint density at radius 3 is 2.73 bits per heavy atom. The minimum absolute atomic E-state index is 0.578. The second kappa shape index (κ2) is 4.41. The highest BCUT2D eigenvalue weighted by atomic mass is 15.1. The average molecular weight is 150 g/mol. The SMILES string of the molecule is [N-]=[N+]=NCCCn1cccc1. The molecule has 0 saturated carbocycles. The molecule has 58 valence electrons. The van der Waals surface area contributed by atoms with E-state index in [9.17, 15) is 0 Å². The molecule has 1 aromatic rings. The van der Waals surface area contributed by atoms with Crippen LogP contribution in [0.15, 0.2) is 29.6 Å². The summed E-state index contributed by atoms with van der Waals surface area (Å²) in [7, 11) is 0. The third-order valence-corrected chi connectivity index (χ3v) is 1.40. The predicted octanol–water partition coefficient (Wildman–Crippen LogP) is 2.19. The van der Waals surface area contributed by atoms with Gasteiger partial charge in [-0.25, -0.2) is 0 Å². The Kier molecular flexibility index (Phi) is 3.09. The van der Waals surface area contributed by atoms with Gasteiger partial charge in [-0.2, -0.15) is 0 Å². The molecule has 0 radical (unpaired) electrons. The third-order valence-electron chi connectivity index (χ3n) is 1.40. The zero-order valence-corrected chi connectivity index (χ0v) is 6.22. The molecule has 4 nitrogen and oxygen atoms in total. The molecule has 0 fully saturated rings. The molecular weight excluding hydrogens is 140 g/mol. The first-order valence-electron chi connectivity index (χ1n) is 3.55. The first-order chi connectivity index (χ1) is 5.43. The van der Waals surface area contributed by atoms with Crippen LogP contribution in [0.1, 0.15) is 6.42 Å². The van der Waals surface area contributed by atoms with Crippen LogP contribution in [0.4, 0.5) is 0 Å². The van der Waals surface area contributed by atoms with E-state index < -0.39 is 0 Å². The van der Waals surface area contributed by atoms with Gasteiger partial charge in [-0.1, -0.05) is 5.11 Å². The highest BCUT2D eigenvalue weighted by Crippen LogP contribution is 1.93. The average Bonchev–Trinajstić information content (AvgIpc) is 2.50.